The number of hydrogen-bond donors (Lipinski definition) is 1. The van der Waals surface area contributed by atoms with Crippen molar-refractivity contribution in [2.24, 2.45) is 7.05 Å². The number of rotatable bonds is 8. The highest BCUT2D eigenvalue weighted by Gasteiger charge is 2.25. The van der Waals surface area contributed by atoms with Crippen molar-refractivity contribution in [3.05, 3.63) is 56.2 Å². The highest BCUT2D eigenvalue weighted by molar-refractivity contribution is 5.99. The van der Waals surface area contributed by atoms with Crippen molar-refractivity contribution >= 4 is 22.9 Å². The Morgan fingerprint density at radius 3 is 2.47 bits per heavy atom. The number of anilines is 1. The number of piperazine rings is 1. The number of methoxy groups -OCH3 is 2. The van der Waals surface area contributed by atoms with E-state index in [1.807, 2.05) is 24.5 Å². The molecule has 3 heterocycles. The number of Topliss-reactive ketones (excluding diaryl/α,β-unsaturated/α-hetero) is 1. The number of ether oxygens (including phenoxy) is 2. The number of fused-ring (bicyclic) bond motifs is 1. The highest BCUT2D eigenvalue weighted by atomic mass is 16.5. The molecule has 0 amide bonds. The molecule has 1 aliphatic rings. The highest BCUT2D eigenvalue weighted by Crippen LogP contribution is 2.25. The van der Waals surface area contributed by atoms with Crippen molar-refractivity contribution in [3.8, 4) is 11.5 Å². The van der Waals surface area contributed by atoms with Gasteiger partial charge in [0.2, 0.25) is 5.95 Å². The van der Waals surface area contributed by atoms with Crippen LogP contribution >= 0.6 is 0 Å². The number of nitrogens with zero attached hydrogens (tertiary/aromatic N) is 5. The SMILES string of the molecule is COc1ccc(OC)c(C(=O)Cn2c(=O)c3c(nc(N4CCNCC4)n3CC=C(C)C)n(C)c2=O)c1. The molecule has 1 aliphatic heterocycles. The molecule has 1 fully saturated rings. The van der Waals surface area contributed by atoms with E-state index in [9.17, 15) is 14.4 Å². The summed E-state index contributed by atoms with van der Waals surface area (Å²) in [5, 5.41) is 3.32. The summed E-state index contributed by atoms with van der Waals surface area (Å²) in [5.74, 6) is 0.994. The molecule has 1 saturated heterocycles. The van der Waals surface area contributed by atoms with E-state index in [0.717, 1.165) is 36.3 Å². The van der Waals surface area contributed by atoms with Gasteiger partial charge < -0.3 is 24.3 Å². The van der Waals surface area contributed by atoms with Crippen LogP contribution in [0.3, 0.4) is 0 Å². The van der Waals surface area contributed by atoms with E-state index < -0.39 is 23.6 Å². The molecule has 0 bridgehead atoms. The molecule has 0 atom stereocenters. The molecule has 192 valence electrons. The van der Waals surface area contributed by atoms with Crippen molar-refractivity contribution in [2.75, 3.05) is 45.3 Å². The predicted molar refractivity (Wildman–Crippen MR) is 138 cm³/mol. The molecule has 0 unspecified atom stereocenters. The second-order valence-corrected chi connectivity index (χ2v) is 8.94. The maximum atomic E-state index is 13.7. The number of benzene rings is 1. The maximum absolute atomic E-state index is 13.7. The Morgan fingerprint density at radius 1 is 1.11 bits per heavy atom. The Morgan fingerprint density at radius 2 is 1.83 bits per heavy atom. The van der Waals surface area contributed by atoms with Gasteiger partial charge in [0.05, 0.1) is 26.3 Å². The molecule has 11 heteroatoms. The van der Waals surface area contributed by atoms with Gasteiger partial charge in [0.25, 0.3) is 5.56 Å². The Hall–Kier alpha value is -3.86. The number of ketones is 1. The summed E-state index contributed by atoms with van der Waals surface area (Å²) >= 11 is 0. The lowest BCUT2D eigenvalue weighted by molar-refractivity contribution is 0.0965. The summed E-state index contributed by atoms with van der Waals surface area (Å²) in [6.45, 7) is 7.00. The molecule has 0 saturated carbocycles. The molecule has 0 spiro atoms. The van der Waals surface area contributed by atoms with Gasteiger partial charge in [-0.1, -0.05) is 11.6 Å². The number of hydrogen-bond acceptors (Lipinski definition) is 8. The minimum Gasteiger partial charge on any atom is -0.497 e. The van der Waals surface area contributed by atoms with Gasteiger partial charge in [0, 0.05) is 39.8 Å². The summed E-state index contributed by atoms with van der Waals surface area (Å²) in [7, 11) is 4.51. The summed E-state index contributed by atoms with van der Waals surface area (Å²) in [5.41, 5.74) is 0.733. The fraction of sp³-hybridized carbons (Fsp3) is 0.440. The number of aromatic nitrogens is 4. The second kappa shape index (κ2) is 10.4. The molecule has 1 N–H and O–H groups in total. The third kappa shape index (κ3) is 4.66. The van der Waals surface area contributed by atoms with Crippen molar-refractivity contribution in [1.82, 2.24) is 24.0 Å². The zero-order valence-corrected chi connectivity index (χ0v) is 21.3. The van der Waals surface area contributed by atoms with E-state index in [1.54, 1.807) is 19.2 Å². The summed E-state index contributed by atoms with van der Waals surface area (Å²) in [6, 6.07) is 4.83. The first-order chi connectivity index (χ1) is 17.3. The van der Waals surface area contributed by atoms with Gasteiger partial charge in [-0.05, 0) is 32.0 Å². The third-order valence-electron chi connectivity index (χ3n) is 6.30. The second-order valence-electron chi connectivity index (χ2n) is 8.94. The largest absolute Gasteiger partial charge is 0.497 e. The van der Waals surface area contributed by atoms with Gasteiger partial charge in [-0.3, -0.25) is 18.7 Å². The van der Waals surface area contributed by atoms with Crippen LogP contribution in [0.5, 0.6) is 11.5 Å². The molecule has 36 heavy (non-hydrogen) atoms. The fourth-order valence-electron chi connectivity index (χ4n) is 4.31. The van der Waals surface area contributed by atoms with Gasteiger partial charge in [0.15, 0.2) is 16.9 Å². The number of aryl methyl sites for hydroxylation is 1. The lowest BCUT2D eigenvalue weighted by Crippen LogP contribution is -2.44. The average Bonchev–Trinajstić information content (AvgIpc) is 3.28. The van der Waals surface area contributed by atoms with Crippen LogP contribution in [0.25, 0.3) is 11.2 Å². The Bertz CT molecular complexity index is 1440. The first-order valence-corrected chi connectivity index (χ1v) is 11.8. The van der Waals surface area contributed by atoms with E-state index >= 15 is 0 Å². The number of carbonyl (C=O) groups is 1. The first-order valence-electron chi connectivity index (χ1n) is 11.8. The zero-order chi connectivity index (χ0) is 26.0. The van der Waals surface area contributed by atoms with E-state index in [-0.39, 0.29) is 11.1 Å². The normalized spacial score (nSPS) is 13.6. The van der Waals surface area contributed by atoms with Crippen molar-refractivity contribution < 1.29 is 14.3 Å². The minimum absolute atomic E-state index is 0.227. The Balaban J connectivity index is 1.87. The summed E-state index contributed by atoms with van der Waals surface area (Å²) in [6.07, 6.45) is 2.01. The van der Waals surface area contributed by atoms with Crippen LogP contribution in [0.15, 0.2) is 39.4 Å². The summed E-state index contributed by atoms with van der Waals surface area (Å²) in [4.78, 5) is 47.1. The number of carbonyl (C=O) groups excluding carboxylic acids is 1. The van der Waals surface area contributed by atoms with Crippen molar-refractivity contribution in [1.29, 1.82) is 0 Å². The van der Waals surface area contributed by atoms with Crippen LogP contribution in [-0.4, -0.2) is 64.9 Å². The molecular weight excluding hydrogens is 464 g/mol. The van der Waals surface area contributed by atoms with Crippen LogP contribution in [0.2, 0.25) is 0 Å². The van der Waals surface area contributed by atoms with Gasteiger partial charge >= 0.3 is 5.69 Å². The number of nitrogens with one attached hydrogen (secondary N) is 1. The first kappa shape index (κ1) is 25.2. The molecule has 11 nitrogen and oxygen atoms in total. The molecular formula is C25H32N6O5. The quantitative estimate of drug-likeness (QED) is 0.365. The minimum atomic E-state index is -0.610. The zero-order valence-electron chi connectivity index (χ0n) is 21.3. The smallest absolute Gasteiger partial charge is 0.332 e. The van der Waals surface area contributed by atoms with E-state index in [0.29, 0.717) is 29.6 Å². The van der Waals surface area contributed by atoms with Crippen molar-refractivity contribution in [3.63, 3.8) is 0 Å². The average molecular weight is 497 g/mol. The molecule has 2 aromatic heterocycles. The van der Waals surface area contributed by atoms with Gasteiger partial charge in [0.1, 0.15) is 11.5 Å². The molecule has 0 radical (unpaired) electrons. The van der Waals surface area contributed by atoms with Crippen LogP contribution in [0.4, 0.5) is 5.95 Å². The monoisotopic (exact) mass is 496 g/mol. The standard InChI is InChI=1S/C25H32N6O5/c1-16(2)8-11-30-21-22(27-24(30)29-12-9-26-10-13-29)28(3)25(34)31(23(21)33)15-19(32)18-14-17(35-4)6-7-20(18)36-5/h6-8,14,26H,9-13,15H2,1-5H3. The lowest BCUT2D eigenvalue weighted by Gasteiger charge is -2.28. The Labute approximate surface area is 208 Å². The van der Waals surface area contributed by atoms with Crippen LogP contribution in [0, 0.1) is 0 Å². The van der Waals surface area contributed by atoms with Gasteiger partial charge in [-0.25, -0.2) is 4.79 Å². The van der Waals surface area contributed by atoms with Gasteiger partial charge in [-0.2, -0.15) is 4.98 Å². The molecule has 0 aliphatic carbocycles. The summed E-state index contributed by atoms with van der Waals surface area (Å²) < 4.78 is 14.7. The topological polar surface area (TPSA) is 113 Å². The van der Waals surface area contributed by atoms with Gasteiger partial charge in [-0.15, -0.1) is 0 Å². The molecule has 3 aromatic rings. The Kier molecular flexibility index (Phi) is 7.30. The fourth-order valence-corrected chi connectivity index (χ4v) is 4.31. The number of allylic oxidation sites excluding steroid dienone is 2. The predicted octanol–water partition coefficient (Wildman–Crippen LogP) is 1.17. The van der Waals surface area contributed by atoms with Crippen molar-refractivity contribution in [2.45, 2.75) is 26.9 Å². The molecule has 4 rings (SSSR count). The van der Waals surface area contributed by atoms with Crippen LogP contribution in [-0.2, 0) is 20.1 Å². The number of imidazole rings is 1. The molecule has 1 aromatic carbocycles. The maximum Gasteiger partial charge on any atom is 0.332 e. The van der Waals surface area contributed by atoms with E-state index in [1.165, 1.54) is 24.9 Å². The third-order valence-corrected chi connectivity index (χ3v) is 6.30. The van der Waals surface area contributed by atoms with E-state index in [4.69, 9.17) is 14.5 Å². The van der Waals surface area contributed by atoms with Crippen LogP contribution < -0.4 is 30.9 Å². The lowest BCUT2D eigenvalue weighted by atomic mass is 10.1. The van der Waals surface area contributed by atoms with Crippen LogP contribution in [0.1, 0.15) is 24.2 Å². The van der Waals surface area contributed by atoms with E-state index in [2.05, 4.69) is 10.2 Å².